The van der Waals surface area contributed by atoms with Gasteiger partial charge in [-0.05, 0) is 37.8 Å². The molecule has 138 valence electrons. The van der Waals surface area contributed by atoms with Gasteiger partial charge in [0.2, 0.25) is 11.8 Å². The molecule has 0 radical (unpaired) electrons. The average molecular weight is 370 g/mol. The summed E-state index contributed by atoms with van der Waals surface area (Å²) in [7, 11) is 0. The molecule has 5 nitrogen and oxygen atoms in total. The van der Waals surface area contributed by atoms with Crippen molar-refractivity contribution in [2.24, 2.45) is 17.6 Å². The van der Waals surface area contributed by atoms with E-state index in [1.807, 2.05) is 0 Å². The minimum absolute atomic E-state index is 0.0109. The molecule has 2 rings (SSSR count). The molecule has 4 N–H and O–H groups in total. The topological polar surface area (TPSA) is 84.2 Å². The van der Waals surface area contributed by atoms with Crippen LogP contribution in [0.15, 0.2) is 18.2 Å². The zero-order chi connectivity index (χ0) is 18.4. The van der Waals surface area contributed by atoms with Crippen LogP contribution in [-0.2, 0) is 9.59 Å². The molecular formula is C18H25ClFN3O2. The van der Waals surface area contributed by atoms with Gasteiger partial charge in [0.15, 0.2) is 5.82 Å². The number of rotatable bonds is 7. The summed E-state index contributed by atoms with van der Waals surface area (Å²) < 4.78 is 13.8. The quantitative estimate of drug-likeness (QED) is 0.646. The number of anilines is 1. The summed E-state index contributed by atoms with van der Waals surface area (Å²) in [6.45, 7) is 2.09. The van der Waals surface area contributed by atoms with Gasteiger partial charge in [0.05, 0.1) is 10.7 Å². The van der Waals surface area contributed by atoms with Gasteiger partial charge in [0.1, 0.15) is 5.92 Å². The van der Waals surface area contributed by atoms with Crippen molar-refractivity contribution in [3.63, 3.8) is 0 Å². The molecule has 0 unspecified atom stereocenters. The Morgan fingerprint density at radius 2 is 2.00 bits per heavy atom. The molecule has 1 saturated carbocycles. The van der Waals surface area contributed by atoms with Gasteiger partial charge in [-0.2, -0.15) is 0 Å². The van der Waals surface area contributed by atoms with Crippen molar-refractivity contribution in [3.05, 3.63) is 29.0 Å². The lowest BCUT2D eigenvalue weighted by Gasteiger charge is -2.28. The van der Waals surface area contributed by atoms with Gasteiger partial charge in [-0.3, -0.25) is 9.59 Å². The molecule has 1 aliphatic rings. The van der Waals surface area contributed by atoms with Crippen LogP contribution in [0.2, 0.25) is 5.02 Å². The van der Waals surface area contributed by atoms with Gasteiger partial charge in [0, 0.05) is 12.6 Å². The van der Waals surface area contributed by atoms with E-state index in [9.17, 15) is 14.0 Å². The van der Waals surface area contributed by atoms with E-state index < -0.39 is 17.6 Å². The van der Waals surface area contributed by atoms with Crippen LogP contribution < -0.4 is 16.4 Å². The lowest BCUT2D eigenvalue weighted by Crippen LogP contribution is -2.47. The second-order valence-corrected chi connectivity index (χ2v) is 7.08. The molecule has 0 spiro atoms. The maximum atomic E-state index is 13.8. The Labute approximate surface area is 152 Å². The largest absolute Gasteiger partial charge is 0.381 e. The fraction of sp³-hybridized carbons (Fsp3) is 0.556. The Kier molecular flexibility index (Phi) is 7.05. The molecule has 1 aromatic rings. The van der Waals surface area contributed by atoms with Crippen molar-refractivity contribution in [2.45, 2.75) is 45.1 Å². The molecule has 0 bridgehead atoms. The summed E-state index contributed by atoms with van der Waals surface area (Å²) >= 11 is 5.74. The number of nitrogens with one attached hydrogen (secondary N) is 2. The zero-order valence-corrected chi connectivity index (χ0v) is 15.1. The van der Waals surface area contributed by atoms with E-state index in [1.54, 1.807) is 19.1 Å². The van der Waals surface area contributed by atoms with E-state index in [0.29, 0.717) is 6.54 Å². The van der Waals surface area contributed by atoms with Crippen molar-refractivity contribution >= 4 is 29.1 Å². The lowest BCUT2D eigenvalue weighted by molar-refractivity contribution is -0.136. The smallest absolute Gasteiger partial charge is 0.233 e. The highest BCUT2D eigenvalue weighted by Gasteiger charge is 2.34. The number of halogens is 2. The Bertz CT molecular complexity index is 620. The highest BCUT2D eigenvalue weighted by molar-refractivity contribution is 6.31. The van der Waals surface area contributed by atoms with E-state index in [-0.39, 0.29) is 28.6 Å². The molecule has 1 aromatic carbocycles. The first-order chi connectivity index (χ1) is 11.9. The lowest BCUT2D eigenvalue weighted by atomic mass is 9.79. The number of nitrogens with two attached hydrogens (primary N) is 1. The Balaban J connectivity index is 1.91. The van der Waals surface area contributed by atoms with Crippen LogP contribution in [0.4, 0.5) is 10.1 Å². The minimum atomic E-state index is -0.800. The van der Waals surface area contributed by atoms with Gasteiger partial charge < -0.3 is 16.4 Å². The molecule has 7 heteroatoms. The van der Waals surface area contributed by atoms with Gasteiger partial charge in [-0.25, -0.2) is 4.39 Å². The van der Waals surface area contributed by atoms with Crippen LogP contribution in [0.3, 0.4) is 0 Å². The fourth-order valence-electron chi connectivity index (χ4n) is 3.33. The standard InChI is InChI=1S/C18H25ClFN3O2/c1-11(10-22-14-9-5-8-13(19)16(14)20)23-18(25)15(17(21)24)12-6-3-2-4-7-12/h5,8-9,11-12,15,22H,2-4,6-7,10H2,1H3,(H2,21,24)(H,23,25)/t11-,15-/m0/s1. The minimum Gasteiger partial charge on any atom is -0.381 e. The molecule has 0 heterocycles. The number of hydrogen-bond acceptors (Lipinski definition) is 3. The first-order valence-corrected chi connectivity index (χ1v) is 9.05. The first-order valence-electron chi connectivity index (χ1n) is 8.67. The van der Waals surface area contributed by atoms with E-state index in [1.165, 1.54) is 6.07 Å². The van der Waals surface area contributed by atoms with Gasteiger partial charge in [-0.15, -0.1) is 0 Å². The van der Waals surface area contributed by atoms with Crippen LogP contribution in [-0.4, -0.2) is 24.4 Å². The molecule has 25 heavy (non-hydrogen) atoms. The van der Waals surface area contributed by atoms with E-state index in [2.05, 4.69) is 10.6 Å². The van der Waals surface area contributed by atoms with Crippen molar-refractivity contribution in [3.8, 4) is 0 Å². The number of hydrogen-bond donors (Lipinski definition) is 3. The maximum absolute atomic E-state index is 13.8. The van der Waals surface area contributed by atoms with Crippen molar-refractivity contribution in [1.82, 2.24) is 5.32 Å². The molecule has 2 atom stereocenters. The van der Waals surface area contributed by atoms with Gasteiger partial charge in [0.25, 0.3) is 0 Å². The second kappa shape index (κ2) is 9.04. The average Bonchev–Trinajstić information content (AvgIpc) is 2.57. The highest BCUT2D eigenvalue weighted by Crippen LogP contribution is 2.30. The number of carbonyl (C=O) groups excluding carboxylic acids is 2. The summed E-state index contributed by atoms with van der Waals surface area (Å²) in [4.78, 5) is 24.3. The third-order valence-electron chi connectivity index (χ3n) is 4.65. The Hall–Kier alpha value is -1.82. The monoisotopic (exact) mass is 369 g/mol. The third kappa shape index (κ3) is 5.33. The van der Waals surface area contributed by atoms with Crippen LogP contribution in [0.25, 0.3) is 0 Å². The first kappa shape index (κ1) is 19.5. The Morgan fingerprint density at radius 3 is 2.64 bits per heavy atom. The van der Waals surface area contributed by atoms with Crippen molar-refractivity contribution in [2.75, 3.05) is 11.9 Å². The van der Waals surface area contributed by atoms with Crippen LogP contribution in [0.5, 0.6) is 0 Å². The SMILES string of the molecule is C[C@@H](CNc1cccc(Cl)c1F)NC(=O)[C@H](C(N)=O)C1CCCCC1. The summed E-state index contributed by atoms with van der Waals surface area (Å²) in [6, 6.07) is 4.39. The number of primary amides is 1. The molecule has 0 aromatic heterocycles. The van der Waals surface area contributed by atoms with Crippen molar-refractivity contribution < 1.29 is 14.0 Å². The fourth-order valence-corrected chi connectivity index (χ4v) is 3.50. The Morgan fingerprint density at radius 1 is 1.32 bits per heavy atom. The van der Waals surface area contributed by atoms with Crippen LogP contribution in [0.1, 0.15) is 39.0 Å². The zero-order valence-electron chi connectivity index (χ0n) is 14.4. The highest BCUT2D eigenvalue weighted by atomic mass is 35.5. The number of amides is 2. The molecule has 0 aliphatic heterocycles. The second-order valence-electron chi connectivity index (χ2n) is 6.67. The third-order valence-corrected chi connectivity index (χ3v) is 4.94. The van der Waals surface area contributed by atoms with E-state index >= 15 is 0 Å². The number of carbonyl (C=O) groups is 2. The predicted molar refractivity (Wildman–Crippen MR) is 96.8 cm³/mol. The summed E-state index contributed by atoms with van der Waals surface area (Å²) in [5, 5.41) is 5.76. The maximum Gasteiger partial charge on any atom is 0.233 e. The molecule has 1 aliphatic carbocycles. The molecule has 1 fully saturated rings. The van der Waals surface area contributed by atoms with Gasteiger partial charge >= 0.3 is 0 Å². The number of benzene rings is 1. The van der Waals surface area contributed by atoms with E-state index in [4.69, 9.17) is 17.3 Å². The van der Waals surface area contributed by atoms with Crippen LogP contribution >= 0.6 is 11.6 Å². The molecular weight excluding hydrogens is 345 g/mol. The molecule has 2 amide bonds. The van der Waals surface area contributed by atoms with Gasteiger partial charge in [-0.1, -0.05) is 36.9 Å². The normalized spacial score (nSPS) is 17.6. The van der Waals surface area contributed by atoms with Crippen molar-refractivity contribution in [1.29, 1.82) is 0 Å². The van der Waals surface area contributed by atoms with Crippen LogP contribution in [0, 0.1) is 17.7 Å². The van der Waals surface area contributed by atoms with E-state index in [0.717, 1.165) is 32.1 Å². The summed E-state index contributed by atoms with van der Waals surface area (Å²) in [5.74, 6) is -2.24. The molecule has 0 saturated heterocycles. The predicted octanol–water partition coefficient (Wildman–Crippen LogP) is 3.08. The summed E-state index contributed by atoms with van der Waals surface area (Å²) in [5.41, 5.74) is 5.74. The summed E-state index contributed by atoms with van der Waals surface area (Å²) in [6.07, 6.45) is 4.87.